The van der Waals surface area contributed by atoms with E-state index >= 15 is 0 Å². The third-order valence-electron chi connectivity index (χ3n) is 2.98. The van der Waals surface area contributed by atoms with E-state index in [1.165, 1.54) is 0 Å². The van der Waals surface area contributed by atoms with Crippen molar-refractivity contribution < 1.29 is 9.59 Å². The Morgan fingerprint density at radius 2 is 2.00 bits per heavy atom. The number of rotatable bonds is 6. The summed E-state index contributed by atoms with van der Waals surface area (Å²) < 4.78 is 0. The lowest BCUT2D eigenvalue weighted by atomic mass is 9.96. The SMILES string of the molecule is Cc1nc(CN(C)C(=O)CCCNC(=O)C(C)(C)C)n[nH]1. The van der Waals surface area contributed by atoms with Crippen LogP contribution >= 0.6 is 0 Å². The van der Waals surface area contributed by atoms with Gasteiger partial charge in [0.2, 0.25) is 11.8 Å². The second kappa shape index (κ2) is 7.19. The monoisotopic (exact) mass is 295 g/mol. The molecule has 1 aromatic heterocycles. The molecule has 1 heterocycles. The first-order valence-corrected chi connectivity index (χ1v) is 7.10. The number of hydrogen-bond donors (Lipinski definition) is 2. The zero-order chi connectivity index (χ0) is 16.0. The van der Waals surface area contributed by atoms with Crippen molar-refractivity contribution in [2.75, 3.05) is 13.6 Å². The Labute approximate surface area is 125 Å². The molecule has 0 aliphatic rings. The molecule has 0 fully saturated rings. The number of aryl methyl sites for hydroxylation is 1. The van der Waals surface area contributed by atoms with Gasteiger partial charge in [-0.15, -0.1) is 0 Å². The molecular weight excluding hydrogens is 270 g/mol. The predicted octanol–water partition coefficient (Wildman–Crippen LogP) is 1.01. The summed E-state index contributed by atoms with van der Waals surface area (Å²) in [4.78, 5) is 29.4. The number of nitrogens with zero attached hydrogens (tertiary/aromatic N) is 3. The van der Waals surface area contributed by atoms with Crippen molar-refractivity contribution in [3.8, 4) is 0 Å². The first-order valence-electron chi connectivity index (χ1n) is 7.10. The lowest BCUT2D eigenvalue weighted by Gasteiger charge is -2.18. The molecule has 2 N–H and O–H groups in total. The van der Waals surface area contributed by atoms with Gasteiger partial charge in [0.1, 0.15) is 5.82 Å². The summed E-state index contributed by atoms with van der Waals surface area (Å²) >= 11 is 0. The smallest absolute Gasteiger partial charge is 0.225 e. The number of aromatic amines is 1. The van der Waals surface area contributed by atoms with Gasteiger partial charge in [-0.1, -0.05) is 20.8 Å². The van der Waals surface area contributed by atoms with Crippen LogP contribution in [-0.4, -0.2) is 45.5 Å². The lowest BCUT2D eigenvalue weighted by Crippen LogP contribution is -2.36. The van der Waals surface area contributed by atoms with Crippen LogP contribution in [-0.2, 0) is 16.1 Å². The quantitative estimate of drug-likeness (QED) is 0.766. The lowest BCUT2D eigenvalue weighted by molar-refractivity contribution is -0.131. The van der Waals surface area contributed by atoms with Gasteiger partial charge in [0, 0.05) is 25.4 Å². The molecule has 0 bridgehead atoms. The van der Waals surface area contributed by atoms with E-state index < -0.39 is 5.41 Å². The maximum absolute atomic E-state index is 11.9. The van der Waals surface area contributed by atoms with Gasteiger partial charge in [-0.3, -0.25) is 14.7 Å². The Morgan fingerprint density at radius 3 is 2.52 bits per heavy atom. The van der Waals surface area contributed by atoms with Crippen LogP contribution in [0.2, 0.25) is 0 Å². The number of carbonyl (C=O) groups excluding carboxylic acids is 2. The van der Waals surface area contributed by atoms with E-state index in [0.29, 0.717) is 31.8 Å². The first-order chi connectivity index (χ1) is 9.70. The van der Waals surface area contributed by atoms with E-state index in [4.69, 9.17) is 0 Å². The van der Waals surface area contributed by atoms with Gasteiger partial charge in [-0.25, -0.2) is 4.98 Å². The van der Waals surface area contributed by atoms with Crippen molar-refractivity contribution in [3.63, 3.8) is 0 Å². The summed E-state index contributed by atoms with van der Waals surface area (Å²) in [6.45, 7) is 8.30. The number of aromatic nitrogens is 3. The van der Waals surface area contributed by atoms with Crippen LogP contribution in [0.3, 0.4) is 0 Å². The molecule has 0 spiro atoms. The van der Waals surface area contributed by atoms with Gasteiger partial charge in [0.25, 0.3) is 0 Å². The summed E-state index contributed by atoms with van der Waals surface area (Å²) in [5.74, 6) is 1.35. The van der Waals surface area contributed by atoms with Gasteiger partial charge in [-0.2, -0.15) is 5.10 Å². The maximum atomic E-state index is 11.9. The second-order valence-electron chi connectivity index (χ2n) is 6.20. The molecule has 2 amide bonds. The van der Waals surface area contributed by atoms with Gasteiger partial charge in [0.05, 0.1) is 6.54 Å². The molecule has 7 heteroatoms. The third-order valence-corrected chi connectivity index (χ3v) is 2.98. The molecule has 0 radical (unpaired) electrons. The Hall–Kier alpha value is -1.92. The average molecular weight is 295 g/mol. The van der Waals surface area contributed by atoms with Crippen molar-refractivity contribution in [1.82, 2.24) is 25.4 Å². The number of hydrogen-bond acceptors (Lipinski definition) is 4. The number of amides is 2. The Bertz CT molecular complexity index is 490. The van der Waals surface area contributed by atoms with Crippen molar-refractivity contribution in [1.29, 1.82) is 0 Å². The molecule has 0 aliphatic heterocycles. The highest BCUT2D eigenvalue weighted by Crippen LogP contribution is 2.12. The highest BCUT2D eigenvalue weighted by atomic mass is 16.2. The Kier molecular flexibility index (Phi) is 5.87. The fraction of sp³-hybridized carbons (Fsp3) is 0.714. The molecule has 118 valence electrons. The van der Waals surface area contributed by atoms with E-state index in [0.717, 1.165) is 5.82 Å². The zero-order valence-corrected chi connectivity index (χ0v) is 13.5. The van der Waals surface area contributed by atoms with E-state index in [9.17, 15) is 9.59 Å². The Morgan fingerprint density at radius 1 is 1.33 bits per heavy atom. The molecule has 7 nitrogen and oxygen atoms in total. The van der Waals surface area contributed by atoms with E-state index in [2.05, 4.69) is 20.5 Å². The van der Waals surface area contributed by atoms with Crippen LogP contribution in [0.25, 0.3) is 0 Å². The van der Waals surface area contributed by atoms with E-state index in [-0.39, 0.29) is 11.8 Å². The van der Waals surface area contributed by atoms with Gasteiger partial charge in [-0.05, 0) is 13.3 Å². The van der Waals surface area contributed by atoms with Crippen molar-refractivity contribution in [2.24, 2.45) is 5.41 Å². The van der Waals surface area contributed by atoms with Crippen molar-refractivity contribution in [3.05, 3.63) is 11.6 Å². The van der Waals surface area contributed by atoms with Crippen LogP contribution in [0.4, 0.5) is 0 Å². The highest BCUT2D eigenvalue weighted by Gasteiger charge is 2.20. The fourth-order valence-electron chi connectivity index (χ4n) is 1.66. The molecule has 21 heavy (non-hydrogen) atoms. The molecular formula is C14H25N5O2. The Balaban J connectivity index is 2.26. The number of H-pyrrole nitrogens is 1. The third kappa shape index (κ3) is 5.93. The normalized spacial score (nSPS) is 11.3. The topological polar surface area (TPSA) is 91.0 Å². The molecule has 1 aromatic rings. The van der Waals surface area contributed by atoms with Crippen LogP contribution < -0.4 is 5.32 Å². The van der Waals surface area contributed by atoms with Gasteiger partial charge in [0.15, 0.2) is 5.82 Å². The molecule has 0 saturated heterocycles. The molecule has 0 aliphatic carbocycles. The van der Waals surface area contributed by atoms with E-state index in [1.54, 1.807) is 11.9 Å². The highest BCUT2D eigenvalue weighted by molar-refractivity contribution is 5.81. The van der Waals surface area contributed by atoms with Crippen molar-refractivity contribution >= 4 is 11.8 Å². The summed E-state index contributed by atoms with van der Waals surface area (Å²) in [6.07, 6.45) is 1.02. The molecule has 0 aromatic carbocycles. The minimum Gasteiger partial charge on any atom is -0.356 e. The molecule has 0 saturated carbocycles. The largest absolute Gasteiger partial charge is 0.356 e. The van der Waals surface area contributed by atoms with Crippen molar-refractivity contribution in [2.45, 2.75) is 47.1 Å². The average Bonchev–Trinajstić information content (AvgIpc) is 2.78. The molecule has 1 rings (SSSR count). The zero-order valence-electron chi connectivity index (χ0n) is 13.5. The standard InChI is InChI=1S/C14H25N5O2/c1-10-16-11(18-17-10)9-19(5)12(20)7-6-8-15-13(21)14(2,3)4/h6-9H2,1-5H3,(H,15,21)(H,16,17,18). The van der Waals surface area contributed by atoms with Crippen LogP contribution in [0.15, 0.2) is 0 Å². The van der Waals surface area contributed by atoms with Gasteiger partial charge < -0.3 is 10.2 Å². The number of carbonyl (C=O) groups is 2. The van der Waals surface area contributed by atoms with E-state index in [1.807, 2.05) is 27.7 Å². The summed E-state index contributed by atoms with van der Waals surface area (Å²) in [5, 5.41) is 9.57. The van der Waals surface area contributed by atoms with Crippen LogP contribution in [0.5, 0.6) is 0 Å². The molecule has 0 atom stereocenters. The summed E-state index contributed by atoms with van der Waals surface area (Å²) in [7, 11) is 1.72. The summed E-state index contributed by atoms with van der Waals surface area (Å²) in [5.41, 5.74) is -0.399. The molecule has 0 unspecified atom stereocenters. The number of nitrogens with one attached hydrogen (secondary N) is 2. The van der Waals surface area contributed by atoms with Crippen LogP contribution in [0, 0.1) is 12.3 Å². The van der Waals surface area contributed by atoms with Crippen LogP contribution in [0.1, 0.15) is 45.3 Å². The first kappa shape index (κ1) is 17.1. The fourth-order valence-corrected chi connectivity index (χ4v) is 1.66. The van der Waals surface area contributed by atoms with Gasteiger partial charge >= 0.3 is 0 Å². The minimum atomic E-state index is -0.399. The minimum absolute atomic E-state index is 0.000462. The maximum Gasteiger partial charge on any atom is 0.225 e. The summed E-state index contributed by atoms with van der Waals surface area (Å²) in [6, 6.07) is 0. The predicted molar refractivity (Wildman–Crippen MR) is 79.3 cm³/mol. The second-order valence-corrected chi connectivity index (χ2v) is 6.20.